The Morgan fingerprint density at radius 2 is 2.04 bits per heavy atom. The van der Waals surface area contributed by atoms with E-state index in [0.29, 0.717) is 5.92 Å². The molecule has 0 N–H and O–H groups in total. The summed E-state index contributed by atoms with van der Waals surface area (Å²) in [6, 6.07) is 1.90. The van der Waals surface area contributed by atoms with Crippen molar-refractivity contribution in [2.75, 3.05) is 7.11 Å². The van der Waals surface area contributed by atoms with Crippen LogP contribution in [0.2, 0.25) is 0 Å². The van der Waals surface area contributed by atoms with E-state index >= 15 is 0 Å². The molecule has 0 radical (unpaired) electrons. The Balaban J connectivity index is 1.64. The van der Waals surface area contributed by atoms with Crippen LogP contribution in [0.1, 0.15) is 58.6 Å². The van der Waals surface area contributed by atoms with Crippen molar-refractivity contribution in [3.63, 3.8) is 0 Å². The molecular weight excluding hydrogens is 310 g/mol. The lowest BCUT2D eigenvalue weighted by Gasteiger charge is -2.33. The molecule has 4 rings (SSSR count). The van der Waals surface area contributed by atoms with Crippen molar-refractivity contribution in [1.82, 2.24) is 4.90 Å². The lowest BCUT2D eigenvalue weighted by atomic mass is 9.84. The van der Waals surface area contributed by atoms with Crippen molar-refractivity contribution in [3.05, 3.63) is 21.4 Å². The Bertz CT molecular complexity index is 617. The van der Waals surface area contributed by atoms with Gasteiger partial charge < -0.3 is 9.64 Å². The summed E-state index contributed by atoms with van der Waals surface area (Å²) in [5.74, 6) is 0.259. The molecule has 0 aromatic carbocycles. The molecule has 0 bridgehead atoms. The summed E-state index contributed by atoms with van der Waals surface area (Å²) in [6.45, 7) is 0. The van der Waals surface area contributed by atoms with E-state index in [1.54, 1.807) is 11.3 Å². The quantitative estimate of drug-likeness (QED) is 0.781. The van der Waals surface area contributed by atoms with Crippen LogP contribution in [0.25, 0.3) is 0 Å². The number of carbonyl (C=O) groups is 2. The summed E-state index contributed by atoms with van der Waals surface area (Å²) in [5, 5.41) is 0. The first-order valence-electron chi connectivity index (χ1n) is 8.71. The van der Waals surface area contributed by atoms with Gasteiger partial charge >= 0.3 is 5.97 Å². The number of rotatable bonds is 2. The monoisotopic (exact) mass is 333 g/mol. The molecule has 1 saturated heterocycles. The SMILES string of the molecule is COC(=O)C1CC2CCCCC2N1C(=O)c1cc2c(s1)CCC2. The van der Waals surface area contributed by atoms with Gasteiger partial charge in [0.2, 0.25) is 0 Å². The number of amides is 1. The van der Waals surface area contributed by atoms with Crippen LogP contribution in [0.3, 0.4) is 0 Å². The zero-order valence-electron chi connectivity index (χ0n) is 13.5. The first-order valence-corrected chi connectivity index (χ1v) is 9.52. The van der Waals surface area contributed by atoms with Crippen LogP contribution >= 0.6 is 11.3 Å². The van der Waals surface area contributed by atoms with Crippen molar-refractivity contribution in [1.29, 1.82) is 0 Å². The van der Waals surface area contributed by atoms with Gasteiger partial charge in [0.1, 0.15) is 6.04 Å². The average Bonchev–Trinajstić information content (AvgIpc) is 3.25. The fourth-order valence-corrected chi connectivity index (χ4v) is 5.86. The van der Waals surface area contributed by atoms with Crippen LogP contribution in [-0.2, 0) is 22.4 Å². The molecule has 1 aromatic heterocycles. The zero-order valence-corrected chi connectivity index (χ0v) is 14.4. The molecule has 0 spiro atoms. The number of aryl methyl sites for hydroxylation is 2. The average molecular weight is 333 g/mol. The van der Waals surface area contributed by atoms with Crippen LogP contribution in [0.4, 0.5) is 0 Å². The molecule has 5 heteroatoms. The predicted octanol–water partition coefficient (Wildman–Crippen LogP) is 3.18. The molecule has 2 heterocycles. The lowest BCUT2D eigenvalue weighted by molar-refractivity contribution is -0.145. The van der Waals surface area contributed by atoms with Gasteiger partial charge in [-0.05, 0) is 56.1 Å². The zero-order chi connectivity index (χ0) is 16.0. The maximum atomic E-state index is 13.2. The van der Waals surface area contributed by atoms with Gasteiger partial charge in [-0.2, -0.15) is 0 Å². The minimum Gasteiger partial charge on any atom is -0.467 e. The molecule has 4 nitrogen and oxygen atoms in total. The molecule has 1 saturated carbocycles. The standard InChI is InChI=1S/C18H23NO3S/c1-22-18(21)14-9-11-5-2-3-7-13(11)19(14)17(20)16-10-12-6-4-8-15(12)23-16/h10-11,13-14H,2-9H2,1H3. The third-order valence-corrected chi connectivity index (χ3v) is 6.98. The Morgan fingerprint density at radius 3 is 2.83 bits per heavy atom. The van der Waals surface area contributed by atoms with E-state index in [1.165, 1.54) is 30.4 Å². The summed E-state index contributed by atoms with van der Waals surface area (Å²) in [5.41, 5.74) is 1.34. The van der Waals surface area contributed by atoms with Crippen molar-refractivity contribution >= 4 is 23.2 Å². The summed E-state index contributed by atoms with van der Waals surface area (Å²) in [7, 11) is 1.42. The second-order valence-electron chi connectivity index (χ2n) is 7.01. The second-order valence-corrected chi connectivity index (χ2v) is 8.15. The molecule has 3 atom stereocenters. The third-order valence-electron chi connectivity index (χ3n) is 5.75. The molecular formula is C18H23NO3S. The molecule has 1 amide bonds. The van der Waals surface area contributed by atoms with Crippen LogP contribution in [0.15, 0.2) is 6.07 Å². The van der Waals surface area contributed by atoms with Gasteiger partial charge in [0.25, 0.3) is 5.91 Å². The highest BCUT2D eigenvalue weighted by molar-refractivity contribution is 7.14. The third kappa shape index (κ3) is 2.49. The highest BCUT2D eigenvalue weighted by Crippen LogP contribution is 2.42. The van der Waals surface area contributed by atoms with Crippen LogP contribution in [0, 0.1) is 5.92 Å². The van der Waals surface area contributed by atoms with Crippen LogP contribution in [0.5, 0.6) is 0 Å². The summed E-state index contributed by atoms with van der Waals surface area (Å²) >= 11 is 1.63. The number of methoxy groups -OCH3 is 1. The smallest absolute Gasteiger partial charge is 0.328 e. The van der Waals surface area contributed by atoms with Crippen molar-refractivity contribution < 1.29 is 14.3 Å². The van der Waals surface area contributed by atoms with Gasteiger partial charge in [-0.1, -0.05) is 12.8 Å². The summed E-state index contributed by atoms with van der Waals surface area (Å²) in [4.78, 5) is 29.4. The van der Waals surface area contributed by atoms with Gasteiger partial charge in [0, 0.05) is 10.9 Å². The van der Waals surface area contributed by atoms with Gasteiger partial charge in [0.05, 0.1) is 12.0 Å². The van der Waals surface area contributed by atoms with E-state index in [4.69, 9.17) is 4.74 Å². The first kappa shape index (κ1) is 15.2. The second kappa shape index (κ2) is 5.93. The summed E-state index contributed by atoms with van der Waals surface area (Å²) < 4.78 is 4.99. The number of hydrogen-bond donors (Lipinski definition) is 0. The fraction of sp³-hybridized carbons (Fsp3) is 0.667. The maximum Gasteiger partial charge on any atom is 0.328 e. The molecule has 3 aliphatic rings. The van der Waals surface area contributed by atoms with Crippen LogP contribution < -0.4 is 0 Å². The molecule has 1 aromatic rings. The highest BCUT2D eigenvalue weighted by Gasteiger charge is 2.48. The topological polar surface area (TPSA) is 46.6 Å². The summed E-state index contributed by atoms with van der Waals surface area (Å²) in [6.07, 6.45) is 8.68. The number of likely N-dealkylation sites (tertiary alicyclic amines) is 1. The largest absolute Gasteiger partial charge is 0.467 e. The molecule has 3 unspecified atom stereocenters. The minimum atomic E-state index is -0.391. The number of thiophene rings is 1. The Hall–Kier alpha value is -1.36. The van der Waals surface area contributed by atoms with Gasteiger partial charge in [-0.3, -0.25) is 4.79 Å². The normalized spacial score (nSPS) is 29.3. The number of ether oxygens (including phenoxy) is 1. The first-order chi connectivity index (χ1) is 11.2. The minimum absolute atomic E-state index is 0.0502. The van der Waals surface area contributed by atoms with Gasteiger partial charge in [-0.15, -0.1) is 11.3 Å². The van der Waals surface area contributed by atoms with Crippen molar-refractivity contribution in [2.24, 2.45) is 5.92 Å². The van der Waals surface area contributed by atoms with Crippen molar-refractivity contribution in [3.8, 4) is 0 Å². The van der Waals surface area contributed by atoms with E-state index in [9.17, 15) is 9.59 Å². The number of carbonyl (C=O) groups excluding carboxylic acids is 2. The molecule has 23 heavy (non-hydrogen) atoms. The van der Waals surface area contributed by atoms with Gasteiger partial charge in [-0.25, -0.2) is 4.79 Å². The Kier molecular flexibility index (Phi) is 3.92. The van der Waals surface area contributed by atoms with E-state index in [-0.39, 0.29) is 17.9 Å². The Labute approximate surface area is 140 Å². The molecule has 2 aliphatic carbocycles. The lowest BCUT2D eigenvalue weighted by Crippen LogP contribution is -2.46. The van der Waals surface area contributed by atoms with E-state index in [1.807, 2.05) is 4.90 Å². The van der Waals surface area contributed by atoms with Crippen LogP contribution in [-0.4, -0.2) is 36.0 Å². The maximum absolute atomic E-state index is 13.2. The van der Waals surface area contributed by atoms with Gasteiger partial charge in [0.15, 0.2) is 0 Å². The number of nitrogens with zero attached hydrogens (tertiary/aromatic N) is 1. The van der Waals surface area contributed by atoms with E-state index in [0.717, 1.165) is 43.4 Å². The van der Waals surface area contributed by atoms with E-state index in [2.05, 4.69) is 6.07 Å². The highest BCUT2D eigenvalue weighted by atomic mass is 32.1. The molecule has 1 aliphatic heterocycles. The number of fused-ring (bicyclic) bond motifs is 2. The predicted molar refractivity (Wildman–Crippen MR) is 88.7 cm³/mol. The van der Waals surface area contributed by atoms with E-state index < -0.39 is 6.04 Å². The Morgan fingerprint density at radius 1 is 1.22 bits per heavy atom. The molecule has 124 valence electrons. The fourth-order valence-electron chi connectivity index (χ4n) is 4.66. The van der Waals surface area contributed by atoms with Crippen molar-refractivity contribution in [2.45, 2.75) is 63.5 Å². The number of esters is 1. The molecule has 2 fully saturated rings. The number of hydrogen-bond acceptors (Lipinski definition) is 4.